The number of carbonyl (C=O) groups is 1. The Morgan fingerprint density at radius 3 is 2.61 bits per heavy atom. The summed E-state index contributed by atoms with van der Waals surface area (Å²) in [5, 5.41) is 13.7. The summed E-state index contributed by atoms with van der Waals surface area (Å²) in [7, 11) is 0. The van der Waals surface area contributed by atoms with Gasteiger partial charge in [-0.2, -0.15) is 0 Å². The number of nitrogens with zero attached hydrogens (tertiary/aromatic N) is 2. The minimum atomic E-state index is -0.756. The lowest BCUT2D eigenvalue weighted by molar-refractivity contribution is -0.497. The predicted octanol–water partition coefficient (Wildman–Crippen LogP) is 3.13. The van der Waals surface area contributed by atoms with Gasteiger partial charge in [0.15, 0.2) is 0 Å². The standard InChI is InChI=1S/C15H12ClN3O4/c16-9-1-6-14(17-8-9)23-11-4-2-10(3-5-11)18-15(20)12-7-13(12)19(21)22/h1-6,8,12-13H,7H2,(H,18,20)/t12-,13+/m1/s1. The maximum absolute atomic E-state index is 11.8. The number of aromatic nitrogens is 1. The van der Waals surface area contributed by atoms with Crippen molar-refractivity contribution in [2.24, 2.45) is 5.92 Å². The van der Waals surface area contributed by atoms with Crippen LogP contribution in [0, 0.1) is 16.0 Å². The molecule has 1 aliphatic rings. The smallest absolute Gasteiger partial charge is 0.234 e. The summed E-state index contributed by atoms with van der Waals surface area (Å²) in [6.45, 7) is 0. The van der Waals surface area contributed by atoms with Crippen molar-refractivity contribution in [2.75, 3.05) is 5.32 Å². The normalized spacial score (nSPS) is 19.0. The number of anilines is 1. The van der Waals surface area contributed by atoms with Crippen LogP contribution in [0.15, 0.2) is 42.6 Å². The van der Waals surface area contributed by atoms with Gasteiger partial charge in [0.25, 0.3) is 0 Å². The molecule has 2 atom stereocenters. The largest absolute Gasteiger partial charge is 0.439 e. The highest BCUT2D eigenvalue weighted by Gasteiger charge is 2.53. The molecule has 1 amide bonds. The van der Waals surface area contributed by atoms with E-state index in [-0.39, 0.29) is 5.91 Å². The van der Waals surface area contributed by atoms with Gasteiger partial charge < -0.3 is 10.1 Å². The number of nitro groups is 1. The molecule has 1 aliphatic carbocycles. The Kier molecular flexibility index (Phi) is 4.12. The lowest BCUT2D eigenvalue weighted by Gasteiger charge is -2.07. The van der Waals surface area contributed by atoms with Crippen molar-refractivity contribution < 1.29 is 14.5 Å². The SMILES string of the molecule is O=C(Nc1ccc(Oc2ccc(Cl)cn2)cc1)[C@@H]1C[C@@H]1[N+](=O)[O-]. The molecule has 0 spiro atoms. The number of ether oxygens (including phenoxy) is 1. The van der Waals surface area contributed by atoms with Crippen LogP contribution in [-0.4, -0.2) is 21.9 Å². The number of benzene rings is 1. The van der Waals surface area contributed by atoms with Gasteiger partial charge in [0.1, 0.15) is 11.7 Å². The number of carbonyl (C=O) groups excluding carboxylic acids is 1. The molecule has 1 N–H and O–H groups in total. The Morgan fingerprint density at radius 2 is 2.04 bits per heavy atom. The first-order valence-electron chi connectivity index (χ1n) is 6.87. The molecule has 8 heteroatoms. The monoisotopic (exact) mass is 333 g/mol. The minimum absolute atomic E-state index is 0.294. The van der Waals surface area contributed by atoms with Gasteiger partial charge in [-0.1, -0.05) is 11.6 Å². The molecule has 7 nitrogen and oxygen atoms in total. The van der Waals surface area contributed by atoms with Crippen LogP contribution in [0.2, 0.25) is 5.02 Å². The first-order chi connectivity index (χ1) is 11.0. The summed E-state index contributed by atoms with van der Waals surface area (Å²) in [5.74, 6) is 0.0735. The van der Waals surface area contributed by atoms with Crippen LogP contribution in [0.5, 0.6) is 11.6 Å². The second-order valence-electron chi connectivity index (χ2n) is 5.13. The first-order valence-corrected chi connectivity index (χ1v) is 7.24. The zero-order valence-corrected chi connectivity index (χ0v) is 12.6. The van der Waals surface area contributed by atoms with E-state index in [4.69, 9.17) is 16.3 Å². The van der Waals surface area contributed by atoms with Gasteiger partial charge in [-0.3, -0.25) is 14.9 Å². The van der Waals surface area contributed by atoms with E-state index < -0.39 is 16.9 Å². The number of rotatable bonds is 5. The van der Waals surface area contributed by atoms with Crippen molar-refractivity contribution in [3.63, 3.8) is 0 Å². The quantitative estimate of drug-likeness (QED) is 0.670. The van der Waals surface area contributed by atoms with E-state index >= 15 is 0 Å². The van der Waals surface area contributed by atoms with E-state index in [1.54, 1.807) is 36.4 Å². The summed E-state index contributed by atoms with van der Waals surface area (Å²) in [6.07, 6.45) is 1.77. The van der Waals surface area contributed by atoms with Gasteiger partial charge >= 0.3 is 0 Å². The molecule has 0 bridgehead atoms. The molecule has 3 rings (SSSR count). The van der Waals surface area contributed by atoms with Crippen LogP contribution in [0.1, 0.15) is 6.42 Å². The van der Waals surface area contributed by atoms with Crippen LogP contribution in [0.25, 0.3) is 0 Å². The molecule has 23 heavy (non-hydrogen) atoms. The molecule has 0 radical (unpaired) electrons. The highest BCUT2D eigenvalue weighted by atomic mass is 35.5. The molecular formula is C15H12ClN3O4. The van der Waals surface area contributed by atoms with Gasteiger partial charge in [-0.25, -0.2) is 4.98 Å². The third-order valence-electron chi connectivity index (χ3n) is 3.41. The molecule has 1 saturated carbocycles. The second kappa shape index (κ2) is 6.21. The van der Waals surface area contributed by atoms with E-state index in [1.807, 2.05) is 0 Å². The summed E-state index contributed by atoms with van der Waals surface area (Å²) < 4.78 is 5.53. The maximum Gasteiger partial charge on any atom is 0.234 e. The van der Waals surface area contributed by atoms with Crippen molar-refractivity contribution in [1.82, 2.24) is 4.98 Å². The summed E-state index contributed by atoms with van der Waals surface area (Å²) in [5.41, 5.74) is 0.556. The number of hydrogen-bond acceptors (Lipinski definition) is 5. The van der Waals surface area contributed by atoms with Crippen LogP contribution >= 0.6 is 11.6 Å². The summed E-state index contributed by atoms with van der Waals surface area (Å²) in [6, 6.07) is 9.21. The van der Waals surface area contributed by atoms with Gasteiger partial charge in [-0.15, -0.1) is 0 Å². The molecule has 0 saturated heterocycles. The fourth-order valence-corrected chi connectivity index (χ4v) is 2.19. The Labute approximate surface area is 136 Å². The van der Waals surface area contributed by atoms with Crippen LogP contribution < -0.4 is 10.1 Å². The molecule has 1 aromatic carbocycles. The maximum atomic E-state index is 11.8. The van der Waals surface area contributed by atoms with Gasteiger partial charge in [-0.05, 0) is 30.3 Å². The van der Waals surface area contributed by atoms with E-state index in [1.165, 1.54) is 6.20 Å². The van der Waals surface area contributed by atoms with Crippen molar-refractivity contribution in [3.05, 3.63) is 57.7 Å². The summed E-state index contributed by atoms with van der Waals surface area (Å²) in [4.78, 5) is 26.0. The lowest BCUT2D eigenvalue weighted by Crippen LogP contribution is -2.18. The Hall–Kier alpha value is -2.67. The zero-order valence-electron chi connectivity index (χ0n) is 11.8. The average molecular weight is 334 g/mol. The number of hydrogen-bond donors (Lipinski definition) is 1. The number of pyridine rings is 1. The topological polar surface area (TPSA) is 94.4 Å². The average Bonchev–Trinajstić information content (AvgIpc) is 3.32. The van der Waals surface area contributed by atoms with Crippen LogP contribution in [0.3, 0.4) is 0 Å². The molecule has 0 aliphatic heterocycles. The third kappa shape index (κ3) is 3.75. The number of halogens is 1. The highest BCUT2D eigenvalue weighted by Crippen LogP contribution is 2.34. The van der Waals surface area contributed by atoms with E-state index in [9.17, 15) is 14.9 Å². The van der Waals surface area contributed by atoms with Crippen molar-refractivity contribution in [3.8, 4) is 11.6 Å². The third-order valence-corrected chi connectivity index (χ3v) is 3.63. The predicted molar refractivity (Wildman–Crippen MR) is 83.3 cm³/mol. The minimum Gasteiger partial charge on any atom is -0.439 e. The molecular weight excluding hydrogens is 322 g/mol. The molecule has 1 fully saturated rings. The van der Waals surface area contributed by atoms with Gasteiger partial charge in [0, 0.05) is 29.3 Å². The van der Waals surface area contributed by atoms with E-state index in [0.717, 1.165) is 0 Å². The molecule has 2 aromatic rings. The lowest BCUT2D eigenvalue weighted by atomic mass is 10.3. The van der Waals surface area contributed by atoms with Crippen LogP contribution in [-0.2, 0) is 4.79 Å². The highest BCUT2D eigenvalue weighted by molar-refractivity contribution is 6.30. The second-order valence-corrected chi connectivity index (χ2v) is 5.56. The van der Waals surface area contributed by atoms with Crippen LogP contribution in [0.4, 0.5) is 5.69 Å². The Morgan fingerprint density at radius 1 is 1.30 bits per heavy atom. The fourth-order valence-electron chi connectivity index (χ4n) is 2.08. The van der Waals surface area contributed by atoms with Crippen molar-refractivity contribution in [2.45, 2.75) is 12.5 Å². The summed E-state index contributed by atoms with van der Waals surface area (Å²) >= 11 is 5.74. The molecule has 0 unspecified atom stereocenters. The van der Waals surface area contributed by atoms with E-state index in [0.29, 0.717) is 28.8 Å². The fraction of sp³-hybridized carbons (Fsp3) is 0.200. The van der Waals surface area contributed by atoms with Gasteiger partial charge in [0.2, 0.25) is 17.8 Å². The molecule has 118 valence electrons. The molecule has 1 aromatic heterocycles. The van der Waals surface area contributed by atoms with Gasteiger partial charge in [0.05, 0.1) is 5.02 Å². The van der Waals surface area contributed by atoms with Crippen molar-refractivity contribution >= 4 is 23.2 Å². The zero-order chi connectivity index (χ0) is 16.4. The Balaban J connectivity index is 1.58. The van der Waals surface area contributed by atoms with Crippen molar-refractivity contribution in [1.29, 1.82) is 0 Å². The molecule has 1 heterocycles. The number of nitrogens with one attached hydrogen (secondary N) is 1. The first kappa shape index (κ1) is 15.2. The number of amides is 1. The van der Waals surface area contributed by atoms with E-state index in [2.05, 4.69) is 10.3 Å². The Bertz CT molecular complexity index is 733.